The lowest BCUT2D eigenvalue weighted by atomic mass is 10.2. The number of hydrogen-bond donors (Lipinski definition) is 1. The predicted molar refractivity (Wildman–Crippen MR) is 43.8 cm³/mol. The first-order valence-electron chi connectivity index (χ1n) is 2.95. The van der Waals surface area contributed by atoms with Crippen molar-refractivity contribution in [3.63, 3.8) is 0 Å². The average molecular weight is 163 g/mol. The molecular weight excluding hydrogens is 150 g/mol. The van der Waals surface area contributed by atoms with Gasteiger partial charge in [-0.25, -0.2) is 0 Å². The monoisotopic (exact) mass is 163 g/mol. The van der Waals surface area contributed by atoms with Crippen molar-refractivity contribution in [1.29, 1.82) is 0 Å². The van der Waals surface area contributed by atoms with Crippen LogP contribution >= 0.6 is 12.2 Å². The minimum atomic E-state index is -0.316. The van der Waals surface area contributed by atoms with Gasteiger partial charge in [0.05, 0.1) is 5.60 Å². The van der Waals surface area contributed by atoms with E-state index in [1.54, 1.807) is 7.11 Å². The Kier molecular flexibility index (Phi) is 3.60. The molecule has 60 valence electrons. The third-order valence-corrected chi connectivity index (χ3v) is 1.23. The molecule has 0 atom stereocenters. The summed E-state index contributed by atoms with van der Waals surface area (Å²) in [6, 6.07) is 0. The maximum atomic E-state index is 5.11. The Balaban J connectivity index is 3.56. The van der Waals surface area contributed by atoms with Crippen LogP contribution in [0.25, 0.3) is 0 Å². The van der Waals surface area contributed by atoms with E-state index < -0.39 is 0 Å². The van der Waals surface area contributed by atoms with Crippen LogP contribution in [0.4, 0.5) is 0 Å². The molecule has 0 unspecified atom stereocenters. The van der Waals surface area contributed by atoms with Crippen molar-refractivity contribution in [3.8, 4) is 0 Å². The van der Waals surface area contributed by atoms with Crippen LogP contribution < -0.4 is 5.73 Å². The summed E-state index contributed by atoms with van der Waals surface area (Å²) >= 11 is 4.51. The molecule has 2 N–H and O–H groups in total. The van der Waals surface area contributed by atoms with Gasteiger partial charge in [-0.3, -0.25) is 0 Å². The quantitative estimate of drug-likeness (QED) is 0.621. The highest BCUT2D eigenvalue weighted by Gasteiger charge is 2.16. The highest BCUT2D eigenvalue weighted by atomic mass is 32.1. The Morgan fingerprint density at radius 1 is 1.60 bits per heavy atom. The first-order valence-corrected chi connectivity index (χ1v) is 3.36. The molecule has 4 heteroatoms. The summed E-state index contributed by atoms with van der Waals surface area (Å²) in [5, 5.41) is 0.0603. The van der Waals surface area contributed by atoms with E-state index in [0.717, 1.165) is 0 Å². The zero-order valence-electron chi connectivity index (χ0n) is 6.51. The average Bonchev–Trinajstić information content (AvgIpc) is 1.85. The summed E-state index contributed by atoms with van der Waals surface area (Å²) in [4.78, 5) is 0. The Bertz CT molecular complexity index is 125. The Hall–Kier alpha value is -0.350. The van der Waals surface area contributed by atoms with Crippen LogP contribution in [-0.2, 0) is 9.47 Å². The molecule has 0 aliphatic heterocycles. The first-order chi connectivity index (χ1) is 4.48. The molecule has 10 heavy (non-hydrogen) atoms. The van der Waals surface area contributed by atoms with Crippen molar-refractivity contribution in [2.24, 2.45) is 5.73 Å². The summed E-state index contributed by atoms with van der Waals surface area (Å²) in [6.07, 6.45) is 0. The topological polar surface area (TPSA) is 44.5 Å². The molecule has 0 aliphatic rings. The van der Waals surface area contributed by atoms with Gasteiger partial charge in [-0.2, -0.15) is 0 Å². The van der Waals surface area contributed by atoms with Crippen LogP contribution in [0.2, 0.25) is 0 Å². The van der Waals surface area contributed by atoms with Crippen molar-refractivity contribution in [1.82, 2.24) is 0 Å². The molecule has 0 aromatic carbocycles. The molecule has 0 saturated carbocycles. The molecule has 0 aliphatic carbocycles. The van der Waals surface area contributed by atoms with Gasteiger partial charge in [-0.1, -0.05) is 0 Å². The lowest BCUT2D eigenvalue weighted by Crippen LogP contribution is -2.31. The molecular formula is C6H13NO2S. The summed E-state index contributed by atoms with van der Waals surface area (Å²) in [5.74, 6) is 0. The van der Waals surface area contributed by atoms with Gasteiger partial charge in [0.25, 0.3) is 5.17 Å². The Labute approximate surface area is 66.5 Å². The van der Waals surface area contributed by atoms with Crippen molar-refractivity contribution in [3.05, 3.63) is 0 Å². The second kappa shape index (κ2) is 3.73. The molecule has 3 nitrogen and oxygen atoms in total. The molecule has 0 saturated heterocycles. The lowest BCUT2D eigenvalue weighted by Gasteiger charge is -2.21. The fourth-order valence-corrected chi connectivity index (χ4v) is 0.363. The highest BCUT2D eigenvalue weighted by Crippen LogP contribution is 2.06. The van der Waals surface area contributed by atoms with Crippen LogP contribution in [0.15, 0.2) is 0 Å². The second-order valence-corrected chi connectivity index (χ2v) is 2.97. The minimum Gasteiger partial charge on any atom is -0.468 e. The largest absolute Gasteiger partial charge is 0.468 e. The number of rotatable bonds is 3. The first kappa shape index (κ1) is 9.65. The molecule has 0 radical (unpaired) electrons. The third-order valence-electron chi connectivity index (χ3n) is 1.11. The molecule has 0 fully saturated rings. The normalized spacial score (nSPS) is 11.1. The van der Waals surface area contributed by atoms with Gasteiger partial charge in [0.15, 0.2) is 0 Å². The molecule has 0 amide bonds. The van der Waals surface area contributed by atoms with Crippen molar-refractivity contribution in [2.45, 2.75) is 19.4 Å². The van der Waals surface area contributed by atoms with E-state index in [9.17, 15) is 0 Å². The fraction of sp³-hybridized carbons (Fsp3) is 0.833. The predicted octanol–water partition coefficient (Wildman–Crippen LogP) is 0.672. The summed E-state index contributed by atoms with van der Waals surface area (Å²) in [6.45, 7) is 4.18. The highest BCUT2D eigenvalue weighted by molar-refractivity contribution is 7.80. The van der Waals surface area contributed by atoms with Gasteiger partial charge in [0.1, 0.15) is 6.61 Å². The van der Waals surface area contributed by atoms with E-state index >= 15 is 0 Å². The SMILES string of the molecule is COC(C)(C)COC(N)=S. The van der Waals surface area contributed by atoms with E-state index in [1.807, 2.05) is 13.8 Å². The smallest absolute Gasteiger partial charge is 0.254 e. The molecule has 0 spiro atoms. The summed E-state index contributed by atoms with van der Waals surface area (Å²) in [5.41, 5.74) is 4.79. The van der Waals surface area contributed by atoms with Crippen LogP contribution in [0.5, 0.6) is 0 Å². The number of methoxy groups -OCH3 is 1. The molecule has 0 aromatic heterocycles. The van der Waals surface area contributed by atoms with Gasteiger partial charge in [0.2, 0.25) is 0 Å². The van der Waals surface area contributed by atoms with E-state index in [2.05, 4.69) is 12.2 Å². The van der Waals surface area contributed by atoms with Gasteiger partial charge in [-0.15, -0.1) is 0 Å². The van der Waals surface area contributed by atoms with Crippen molar-refractivity contribution in [2.75, 3.05) is 13.7 Å². The third kappa shape index (κ3) is 4.52. The Morgan fingerprint density at radius 3 is 2.40 bits per heavy atom. The van der Waals surface area contributed by atoms with Crippen LogP contribution in [0.3, 0.4) is 0 Å². The molecule has 0 heterocycles. The van der Waals surface area contributed by atoms with Crippen LogP contribution in [0, 0.1) is 0 Å². The molecule has 0 aromatic rings. The van der Waals surface area contributed by atoms with Gasteiger partial charge < -0.3 is 15.2 Å². The number of nitrogens with two attached hydrogens (primary N) is 1. The maximum absolute atomic E-state index is 5.11. The van der Waals surface area contributed by atoms with Crippen molar-refractivity contribution >= 4 is 17.4 Å². The summed E-state index contributed by atoms with van der Waals surface area (Å²) < 4.78 is 9.93. The van der Waals surface area contributed by atoms with Crippen LogP contribution in [-0.4, -0.2) is 24.5 Å². The maximum Gasteiger partial charge on any atom is 0.254 e. The summed E-state index contributed by atoms with van der Waals surface area (Å²) in [7, 11) is 1.61. The second-order valence-electron chi connectivity index (χ2n) is 2.57. The zero-order chi connectivity index (χ0) is 8.20. The fourth-order valence-electron chi connectivity index (χ4n) is 0.304. The van der Waals surface area contributed by atoms with E-state index in [-0.39, 0.29) is 10.8 Å². The van der Waals surface area contributed by atoms with E-state index in [1.165, 1.54) is 0 Å². The van der Waals surface area contributed by atoms with Gasteiger partial charge >= 0.3 is 0 Å². The lowest BCUT2D eigenvalue weighted by molar-refractivity contribution is -0.0177. The standard InChI is InChI=1S/C6H13NO2S/c1-6(2,8-3)4-9-5(7)10/h4H2,1-3H3,(H2,7,10). The number of thiocarbonyl (C=S) groups is 1. The van der Waals surface area contributed by atoms with E-state index in [0.29, 0.717) is 6.61 Å². The van der Waals surface area contributed by atoms with Gasteiger partial charge in [-0.05, 0) is 26.1 Å². The van der Waals surface area contributed by atoms with Crippen LogP contribution in [0.1, 0.15) is 13.8 Å². The zero-order valence-corrected chi connectivity index (χ0v) is 7.33. The number of ether oxygens (including phenoxy) is 2. The Morgan fingerprint density at radius 2 is 2.10 bits per heavy atom. The number of hydrogen-bond acceptors (Lipinski definition) is 3. The minimum absolute atomic E-state index is 0.0603. The van der Waals surface area contributed by atoms with Gasteiger partial charge in [0, 0.05) is 7.11 Å². The van der Waals surface area contributed by atoms with Crippen molar-refractivity contribution < 1.29 is 9.47 Å². The van der Waals surface area contributed by atoms with E-state index in [4.69, 9.17) is 15.2 Å². The molecule has 0 bridgehead atoms. The molecule has 0 rings (SSSR count).